The van der Waals surface area contributed by atoms with Gasteiger partial charge in [-0.3, -0.25) is 0 Å². The number of aliphatic carboxylic acids is 1. The Labute approximate surface area is 83.2 Å². The SMILES string of the molecule is CN(c1ccccn1)C(C)(C)C(=O)O. The van der Waals surface area contributed by atoms with Crippen molar-refractivity contribution in [3.05, 3.63) is 24.4 Å². The molecule has 1 aromatic heterocycles. The van der Waals surface area contributed by atoms with Gasteiger partial charge >= 0.3 is 5.97 Å². The van der Waals surface area contributed by atoms with E-state index in [1.165, 1.54) is 0 Å². The van der Waals surface area contributed by atoms with Gasteiger partial charge in [0.2, 0.25) is 0 Å². The molecule has 0 spiro atoms. The molecule has 0 aliphatic rings. The third kappa shape index (κ3) is 1.84. The molecule has 0 amide bonds. The van der Waals surface area contributed by atoms with Crippen LogP contribution < -0.4 is 4.90 Å². The largest absolute Gasteiger partial charge is 0.480 e. The number of anilines is 1. The molecule has 0 fully saturated rings. The van der Waals surface area contributed by atoms with Crippen LogP contribution in [0.5, 0.6) is 0 Å². The number of pyridine rings is 1. The lowest BCUT2D eigenvalue weighted by molar-refractivity contribution is -0.142. The maximum absolute atomic E-state index is 11.0. The number of carboxylic acids is 1. The molecule has 0 saturated heterocycles. The minimum atomic E-state index is -0.950. The molecule has 0 bridgehead atoms. The predicted octanol–water partition coefficient (Wildman–Crippen LogP) is 1.38. The molecule has 4 heteroatoms. The molecule has 4 nitrogen and oxygen atoms in total. The maximum Gasteiger partial charge on any atom is 0.328 e. The monoisotopic (exact) mass is 194 g/mol. The van der Waals surface area contributed by atoms with Crippen LogP contribution in [0.15, 0.2) is 24.4 Å². The number of carboxylic acid groups (broad SMARTS) is 1. The zero-order valence-electron chi connectivity index (χ0n) is 8.56. The summed E-state index contributed by atoms with van der Waals surface area (Å²) in [6, 6.07) is 5.41. The first-order chi connectivity index (χ1) is 6.46. The van der Waals surface area contributed by atoms with Gasteiger partial charge < -0.3 is 10.0 Å². The smallest absolute Gasteiger partial charge is 0.328 e. The second kappa shape index (κ2) is 3.65. The standard InChI is InChI=1S/C10H14N2O2/c1-10(2,9(13)14)12(3)8-6-4-5-7-11-8/h4-7H,1-3H3,(H,13,14). The maximum atomic E-state index is 11.0. The zero-order chi connectivity index (χ0) is 10.8. The van der Waals surface area contributed by atoms with Crippen molar-refractivity contribution in [2.24, 2.45) is 0 Å². The van der Waals surface area contributed by atoms with Crippen molar-refractivity contribution in [1.82, 2.24) is 4.98 Å². The molecule has 0 radical (unpaired) electrons. The van der Waals surface area contributed by atoms with Crippen LogP contribution in [0.25, 0.3) is 0 Å². The Hall–Kier alpha value is -1.58. The quantitative estimate of drug-likeness (QED) is 0.789. The summed E-state index contributed by atoms with van der Waals surface area (Å²) in [4.78, 5) is 16.7. The van der Waals surface area contributed by atoms with Crippen molar-refractivity contribution in [3.63, 3.8) is 0 Å². The van der Waals surface area contributed by atoms with Crippen molar-refractivity contribution in [2.75, 3.05) is 11.9 Å². The number of carbonyl (C=O) groups is 1. The van der Waals surface area contributed by atoms with E-state index in [0.29, 0.717) is 5.82 Å². The molecule has 76 valence electrons. The number of nitrogens with zero attached hydrogens (tertiary/aromatic N) is 2. The average Bonchev–Trinajstić information content (AvgIpc) is 2.17. The van der Waals surface area contributed by atoms with Crippen LogP contribution in [0.2, 0.25) is 0 Å². The molecular formula is C10H14N2O2. The Bertz CT molecular complexity index is 322. The summed E-state index contributed by atoms with van der Waals surface area (Å²) >= 11 is 0. The summed E-state index contributed by atoms with van der Waals surface area (Å²) in [6.45, 7) is 3.29. The highest BCUT2D eigenvalue weighted by Crippen LogP contribution is 2.19. The van der Waals surface area contributed by atoms with E-state index in [1.54, 1.807) is 44.1 Å². The van der Waals surface area contributed by atoms with Gasteiger partial charge in [0, 0.05) is 13.2 Å². The van der Waals surface area contributed by atoms with E-state index < -0.39 is 11.5 Å². The average molecular weight is 194 g/mol. The van der Waals surface area contributed by atoms with Gasteiger partial charge in [-0.15, -0.1) is 0 Å². The lowest BCUT2D eigenvalue weighted by atomic mass is 10.0. The minimum absolute atomic E-state index is 0.653. The topological polar surface area (TPSA) is 53.4 Å². The third-order valence-corrected chi connectivity index (χ3v) is 2.35. The first-order valence-corrected chi connectivity index (χ1v) is 4.34. The Balaban J connectivity index is 2.96. The van der Waals surface area contributed by atoms with Crippen molar-refractivity contribution in [2.45, 2.75) is 19.4 Å². The van der Waals surface area contributed by atoms with Crippen LogP contribution in [-0.4, -0.2) is 28.6 Å². The molecule has 0 aliphatic heterocycles. The zero-order valence-corrected chi connectivity index (χ0v) is 8.56. The Kier molecular flexibility index (Phi) is 2.74. The van der Waals surface area contributed by atoms with Gasteiger partial charge in [-0.05, 0) is 26.0 Å². The lowest BCUT2D eigenvalue weighted by Crippen LogP contribution is -2.48. The van der Waals surface area contributed by atoms with Crippen molar-refractivity contribution in [1.29, 1.82) is 0 Å². The first-order valence-electron chi connectivity index (χ1n) is 4.34. The molecule has 0 aromatic carbocycles. The molecule has 0 saturated carbocycles. The fourth-order valence-electron chi connectivity index (χ4n) is 0.982. The van der Waals surface area contributed by atoms with Crippen molar-refractivity contribution < 1.29 is 9.90 Å². The van der Waals surface area contributed by atoms with Gasteiger partial charge in [-0.1, -0.05) is 6.07 Å². The number of hydrogen-bond donors (Lipinski definition) is 1. The number of aromatic nitrogens is 1. The molecular weight excluding hydrogens is 180 g/mol. The Morgan fingerprint density at radius 2 is 2.14 bits per heavy atom. The minimum Gasteiger partial charge on any atom is -0.480 e. The number of hydrogen-bond acceptors (Lipinski definition) is 3. The molecule has 0 aliphatic carbocycles. The van der Waals surface area contributed by atoms with E-state index >= 15 is 0 Å². The van der Waals surface area contributed by atoms with Crippen LogP contribution >= 0.6 is 0 Å². The van der Waals surface area contributed by atoms with Crippen molar-refractivity contribution >= 4 is 11.8 Å². The van der Waals surface area contributed by atoms with Gasteiger partial charge in [0.1, 0.15) is 11.4 Å². The number of likely N-dealkylation sites (N-methyl/N-ethyl adjacent to an activating group) is 1. The van der Waals surface area contributed by atoms with Gasteiger partial charge in [-0.25, -0.2) is 9.78 Å². The van der Waals surface area contributed by atoms with E-state index in [1.807, 2.05) is 6.07 Å². The summed E-state index contributed by atoms with van der Waals surface area (Å²) in [7, 11) is 1.72. The second-order valence-electron chi connectivity index (χ2n) is 3.61. The number of rotatable bonds is 3. The fraction of sp³-hybridized carbons (Fsp3) is 0.400. The normalized spacial score (nSPS) is 11.1. The van der Waals surface area contributed by atoms with E-state index in [4.69, 9.17) is 5.11 Å². The molecule has 1 N–H and O–H groups in total. The second-order valence-corrected chi connectivity index (χ2v) is 3.61. The summed E-state index contributed by atoms with van der Waals surface area (Å²) in [5, 5.41) is 9.00. The van der Waals surface area contributed by atoms with Crippen LogP contribution in [0, 0.1) is 0 Å². The van der Waals surface area contributed by atoms with Gasteiger partial charge in [0.15, 0.2) is 0 Å². The van der Waals surface area contributed by atoms with Crippen LogP contribution in [-0.2, 0) is 4.79 Å². The van der Waals surface area contributed by atoms with Crippen LogP contribution in [0.1, 0.15) is 13.8 Å². The Morgan fingerprint density at radius 1 is 1.50 bits per heavy atom. The molecule has 0 atom stereocenters. The molecule has 1 heterocycles. The summed E-state index contributed by atoms with van der Waals surface area (Å²) in [6.07, 6.45) is 1.64. The molecule has 1 rings (SSSR count). The van der Waals surface area contributed by atoms with Crippen LogP contribution in [0.4, 0.5) is 5.82 Å². The van der Waals surface area contributed by atoms with E-state index in [-0.39, 0.29) is 0 Å². The third-order valence-electron chi connectivity index (χ3n) is 2.35. The Morgan fingerprint density at radius 3 is 2.57 bits per heavy atom. The van der Waals surface area contributed by atoms with Crippen molar-refractivity contribution in [3.8, 4) is 0 Å². The van der Waals surface area contributed by atoms with E-state index in [0.717, 1.165) is 0 Å². The van der Waals surface area contributed by atoms with Gasteiger partial charge in [0.25, 0.3) is 0 Å². The van der Waals surface area contributed by atoms with Gasteiger partial charge in [-0.2, -0.15) is 0 Å². The van der Waals surface area contributed by atoms with E-state index in [9.17, 15) is 4.79 Å². The lowest BCUT2D eigenvalue weighted by Gasteiger charge is -2.32. The molecule has 1 aromatic rings. The van der Waals surface area contributed by atoms with Gasteiger partial charge in [0.05, 0.1) is 0 Å². The van der Waals surface area contributed by atoms with E-state index in [2.05, 4.69) is 4.98 Å². The molecule has 0 unspecified atom stereocenters. The summed E-state index contributed by atoms with van der Waals surface area (Å²) in [5.41, 5.74) is -0.950. The highest BCUT2D eigenvalue weighted by atomic mass is 16.4. The van der Waals surface area contributed by atoms with Crippen LogP contribution in [0.3, 0.4) is 0 Å². The molecule has 14 heavy (non-hydrogen) atoms. The summed E-state index contributed by atoms with van der Waals surface area (Å²) < 4.78 is 0. The predicted molar refractivity (Wildman–Crippen MR) is 54.4 cm³/mol. The fourth-order valence-corrected chi connectivity index (χ4v) is 0.982. The highest BCUT2D eigenvalue weighted by Gasteiger charge is 2.32. The summed E-state index contributed by atoms with van der Waals surface area (Å²) in [5.74, 6) is -0.217. The highest BCUT2D eigenvalue weighted by molar-refractivity contribution is 5.81. The first kappa shape index (κ1) is 10.5.